The summed E-state index contributed by atoms with van der Waals surface area (Å²) in [5.74, 6) is -1.12. The molecule has 5 nitrogen and oxygen atoms in total. The van der Waals surface area contributed by atoms with Gasteiger partial charge in [0.2, 0.25) is 5.91 Å². The highest BCUT2D eigenvalue weighted by atomic mass is 32.1. The molecule has 0 bridgehead atoms. The molecule has 0 radical (unpaired) electrons. The largest absolute Gasteiger partial charge is 0.465 e. The SMILES string of the molecule is COC(=O)c1ccc(C)c(NC(=O)/C=C/c2csc(-c3ccc(F)cc3)n2)c1. The van der Waals surface area contributed by atoms with Crippen molar-refractivity contribution in [1.82, 2.24) is 4.98 Å². The van der Waals surface area contributed by atoms with Crippen LogP contribution >= 0.6 is 11.3 Å². The first-order valence-electron chi connectivity index (χ1n) is 8.36. The third-order valence-corrected chi connectivity index (χ3v) is 4.84. The molecule has 0 spiro atoms. The van der Waals surface area contributed by atoms with Crippen LogP contribution in [0, 0.1) is 12.7 Å². The van der Waals surface area contributed by atoms with Crippen LogP contribution < -0.4 is 5.32 Å². The highest BCUT2D eigenvalue weighted by molar-refractivity contribution is 7.13. The number of aryl methyl sites for hydroxylation is 1. The first-order chi connectivity index (χ1) is 13.5. The third kappa shape index (κ3) is 4.69. The molecule has 0 unspecified atom stereocenters. The summed E-state index contributed by atoms with van der Waals surface area (Å²) in [6.07, 6.45) is 2.96. The van der Waals surface area contributed by atoms with Crippen LogP contribution in [0.2, 0.25) is 0 Å². The fourth-order valence-corrected chi connectivity index (χ4v) is 3.22. The maximum absolute atomic E-state index is 13.0. The average Bonchev–Trinajstić information content (AvgIpc) is 3.17. The van der Waals surface area contributed by atoms with E-state index < -0.39 is 5.97 Å². The number of nitrogens with zero attached hydrogens (tertiary/aromatic N) is 1. The summed E-state index contributed by atoms with van der Waals surface area (Å²) in [6, 6.07) is 11.0. The molecule has 1 amide bonds. The Hall–Kier alpha value is -3.32. The Balaban J connectivity index is 1.69. The molecule has 142 valence electrons. The van der Waals surface area contributed by atoms with Gasteiger partial charge in [0.15, 0.2) is 0 Å². The number of anilines is 1. The molecule has 1 aromatic heterocycles. The molecular formula is C21H17FN2O3S. The number of aromatic nitrogens is 1. The molecule has 0 fully saturated rings. The maximum Gasteiger partial charge on any atom is 0.337 e. The van der Waals surface area contributed by atoms with E-state index in [1.165, 1.54) is 36.7 Å². The van der Waals surface area contributed by atoms with E-state index in [0.717, 1.165) is 16.1 Å². The zero-order valence-electron chi connectivity index (χ0n) is 15.2. The first kappa shape index (κ1) is 19.4. The molecule has 7 heteroatoms. The quantitative estimate of drug-likeness (QED) is 0.502. The highest BCUT2D eigenvalue weighted by Crippen LogP contribution is 2.24. The fraction of sp³-hybridized carbons (Fsp3) is 0.0952. The number of rotatable bonds is 5. The van der Waals surface area contributed by atoms with Gasteiger partial charge in [-0.2, -0.15) is 0 Å². The van der Waals surface area contributed by atoms with Gasteiger partial charge in [0, 0.05) is 22.7 Å². The lowest BCUT2D eigenvalue weighted by Gasteiger charge is -2.08. The first-order valence-corrected chi connectivity index (χ1v) is 9.24. The van der Waals surface area contributed by atoms with E-state index in [9.17, 15) is 14.0 Å². The number of carbonyl (C=O) groups excluding carboxylic acids is 2. The van der Waals surface area contributed by atoms with Crippen LogP contribution in [0.25, 0.3) is 16.6 Å². The van der Waals surface area contributed by atoms with Gasteiger partial charge in [-0.15, -0.1) is 11.3 Å². The predicted molar refractivity (Wildman–Crippen MR) is 108 cm³/mol. The van der Waals surface area contributed by atoms with Crippen molar-refractivity contribution in [2.24, 2.45) is 0 Å². The number of amides is 1. The smallest absolute Gasteiger partial charge is 0.337 e. The fourth-order valence-electron chi connectivity index (χ4n) is 2.42. The van der Waals surface area contributed by atoms with Crippen LogP contribution in [0.15, 0.2) is 53.9 Å². The van der Waals surface area contributed by atoms with E-state index >= 15 is 0 Å². The molecular weight excluding hydrogens is 379 g/mol. The van der Waals surface area contributed by atoms with E-state index in [2.05, 4.69) is 10.3 Å². The van der Waals surface area contributed by atoms with Crippen LogP contribution in [0.4, 0.5) is 10.1 Å². The lowest BCUT2D eigenvalue weighted by atomic mass is 10.1. The van der Waals surface area contributed by atoms with Gasteiger partial charge < -0.3 is 10.1 Å². The molecule has 3 aromatic rings. The number of ether oxygens (including phenoxy) is 1. The number of nitrogens with one attached hydrogen (secondary N) is 1. The van der Waals surface area contributed by atoms with Crippen molar-refractivity contribution in [3.05, 3.63) is 76.6 Å². The van der Waals surface area contributed by atoms with Gasteiger partial charge in [-0.3, -0.25) is 4.79 Å². The Bertz CT molecular complexity index is 1040. The Kier molecular flexibility index (Phi) is 5.96. The van der Waals surface area contributed by atoms with Gasteiger partial charge in [-0.25, -0.2) is 14.2 Å². The van der Waals surface area contributed by atoms with Gasteiger partial charge in [-0.1, -0.05) is 6.07 Å². The van der Waals surface area contributed by atoms with Crippen molar-refractivity contribution >= 4 is 35.0 Å². The summed E-state index contributed by atoms with van der Waals surface area (Å²) < 4.78 is 17.7. The number of thiazole rings is 1. The van der Waals surface area contributed by atoms with Crippen LogP contribution in [0.5, 0.6) is 0 Å². The third-order valence-electron chi connectivity index (χ3n) is 3.94. The van der Waals surface area contributed by atoms with E-state index in [1.54, 1.807) is 36.4 Å². The van der Waals surface area contributed by atoms with E-state index in [0.29, 0.717) is 16.9 Å². The van der Waals surface area contributed by atoms with Gasteiger partial charge in [-0.05, 0) is 55.0 Å². The highest BCUT2D eigenvalue weighted by Gasteiger charge is 2.09. The van der Waals surface area contributed by atoms with Crippen LogP contribution in [-0.2, 0) is 9.53 Å². The van der Waals surface area contributed by atoms with Crippen molar-refractivity contribution < 1.29 is 18.7 Å². The number of carbonyl (C=O) groups is 2. The van der Waals surface area contributed by atoms with Crippen molar-refractivity contribution in [2.45, 2.75) is 6.92 Å². The second kappa shape index (κ2) is 8.58. The van der Waals surface area contributed by atoms with Crippen LogP contribution in [-0.4, -0.2) is 24.0 Å². The minimum Gasteiger partial charge on any atom is -0.465 e. The van der Waals surface area contributed by atoms with Crippen molar-refractivity contribution in [3.8, 4) is 10.6 Å². The molecule has 0 aliphatic rings. The van der Waals surface area contributed by atoms with Gasteiger partial charge >= 0.3 is 5.97 Å². The minimum absolute atomic E-state index is 0.302. The van der Waals surface area contributed by atoms with Crippen LogP contribution in [0.1, 0.15) is 21.6 Å². The van der Waals surface area contributed by atoms with Crippen molar-refractivity contribution in [2.75, 3.05) is 12.4 Å². The molecule has 0 saturated carbocycles. The Morgan fingerprint density at radius 2 is 1.93 bits per heavy atom. The van der Waals surface area contributed by atoms with Gasteiger partial charge in [0.05, 0.1) is 18.4 Å². The van der Waals surface area contributed by atoms with E-state index in [4.69, 9.17) is 4.74 Å². The molecule has 2 aromatic carbocycles. The Morgan fingerprint density at radius 3 is 2.64 bits per heavy atom. The lowest BCUT2D eigenvalue weighted by molar-refractivity contribution is -0.111. The number of esters is 1. The molecule has 0 atom stereocenters. The number of hydrogen-bond acceptors (Lipinski definition) is 5. The van der Waals surface area contributed by atoms with Crippen molar-refractivity contribution in [1.29, 1.82) is 0 Å². The predicted octanol–water partition coefficient (Wildman–Crippen LogP) is 4.70. The monoisotopic (exact) mass is 396 g/mol. The summed E-state index contributed by atoms with van der Waals surface area (Å²) in [5, 5.41) is 5.29. The normalized spacial score (nSPS) is 10.8. The molecule has 1 N–H and O–H groups in total. The van der Waals surface area contributed by atoms with Crippen LogP contribution in [0.3, 0.4) is 0 Å². The summed E-state index contributed by atoms with van der Waals surface area (Å²) in [4.78, 5) is 28.3. The van der Waals surface area contributed by atoms with Gasteiger partial charge in [0.1, 0.15) is 10.8 Å². The molecule has 1 heterocycles. The average molecular weight is 396 g/mol. The lowest BCUT2D eigenvalue weighted by Crippen LogP contribution is -2.10. The zero-order valence-corrected chi connectivity index (χ0v) is 16.0. The van der Waals surface area contributed by atoms with E-state index in [1.807, 2.05) is 12.3 Å². The topological polar surface area (TPSA) is 68.3 Å². The van der Waals surface area contributed by atoms with Gasteiger partial charge in [0.25, 0.3) is 0 Å². The number of benzene rings is 2. The zero-order chi connectivity index (χ0) is 20.1. The molecule has 0 aliphatic heterocycles. The van der Waals surface area contributed by atoms with Crippen molar-refractivity contribution in [3.63, 3.8) is 0 Å². The van der Waals surface area contributed by atoms with E-state index in [-0.39, 0.29) is 11.7 Å². The number of halogens is 1. The second-order valence-corrected chi connectivity index (χ2v) is 6.79. The molecule has 0 aliphatic carbocycles. The second-order valence-electron chi connectivity index (χ2n) is 5.93. The molecule has 28 heavy (non-hydrogen) atoms. The standard InChI is InChI=1S/C21H17FN2O3S/c1-13-3-4-15(21(26)27-2)11-18(13)24-19(25)10-9-17-12-28-20(23-17)14-5-7-16(22)8-6-14/h3-12H,1-2H3,(H,24,25)/b10-9+. The Morgan fingerprint density at radius 1 is 1.18 bits per heavy atom. The number of methoxy groups -OCH3 is 1. The summed E-state index contributed by atoms with van der Waals surface area (Å²) in [7, 11) is 1.30. The summed E-state index contributed by atoms with van der Waals surface area (Å²) in [5.41, 5.74) is 3.14. The maximum atomic E-state index is 13.0. The summed E-state index contributed by atoms with van der Waals surface area (Å²) in [6.45, 7) is 1.83. The number of hydrogen-bond donors (Lipinski definition) is 1. The molecule has 3 rings (SSSR count). The molecule has 0 saturated heterocycles. The minimum atomic E-state index is -0.471. The Labute approximate surface area is 165 Å². The summed E-state index contributed by atoms with van der Waals surface area (Å²) >= 11 is 1.41.